The van der Waals surface area contributed by atoms with Gasteiger partial charge in [-0.15, -0.1) is 0 Å². The summed E-state index contributed by atoms with van der Waals surface area (Å²) in [7, 11) is -2.44. The van der Waals surface area contributed by atoms with Gasteiger partial charge in [-0.25, -0.2) is 17.4 Å². The predicted molar refractivity (Wildman–Crippen MR) is 92.8 cm³/mol. The Morgan fingerprint density at radius 3 is 2.14 bits per heavy atom. The molecule has 0 aliphatic rings. The van der Waals surface area contributed by atoms with E-state index in [9.17, 15) is 17.6 Å². The fraction of sp³-hybridized carbons (Fsp3) is 0.167. The zero-order chi connectivity index (χ0) is 21.1. The lowest BCUT2D eigenvalue weighted by Crippen LogP contribution is -2.30. The number of hydrogen-bond donors (Lipinski definition) is 0. The highest BCUT2D eigenvalue weighted by Gasteiger charge is 2.36. The fourth-order valence-electron chi connectivity index (χ4n) is 2.42. The Kier molecular flexibility index (Phi) is 6.25. The fourth-order valence-corrected chi connectivity index (χ4v) is 2.42. The van der Waals surface area contributed by atoms with Gasteiger partial charge in [0.25, 0.3) is 0 Å². The van der Waals surface area contributed by atoms with Gasteiger partial charge < -0.3 is 9.29 Å². The highest BCUT2D eigenvalue weighted by Crippen LogP contribution is 2.27. The van der Waals surface area contributed by atoms with Gasteiger partial charge in [-0.1, -0.05) is 12.1 Å². The average molecular weight is 417 g/mol. The van der Waals surface area contributed by atoms with Crippen molar-refractivity contribution in [2.45, 2.75) is 5.51 Å². The third-order valence-corrected chi connectivity index (χ3v) is 4.31. The van der Waals surface area contributed by atoms with Gasteiger partial charge in [0.2, 0.25) is 5.69 Å². The van der Waals surface area contributed by atoms with Gasteiger partial charge in [-0.05, 0) is 35.7 Å². The molecule has 3 rings (SSSR count). The van der Waals surface area contributed by atoms with Gasteiger partial charge in [-0.2, -0.15) is 13.2 Å². The van der Waals surface area contributed by atoms with E-state index in [0.717, 1.165) is 27.8 Å². The Morgan fingerprint density at radius 2 is 1.64 bits per heavy atom. The molecule has 3 aromatic rings. The van der Waals surface area contributed by atoms with E-state index >= 15 is 0 Å². The molecule has 0 bridgehead atoms. The Bertz CT molecular complexity index is 1080. The molecule has 150 valence electrons. The number of pyridine rings is 1. The molecule has 5 nitrogen and oxygen atoms in total. The third kappa shape index (κ3) is 4.96. The van der Waals surface area contributed by atoms with E-state index in [2.05, 4.69) is 6.07 Å². The quantitative estimate of drug-likeness (QED) is 0.277. The van der Waals surface area contributed by atoms with E-state index in [4.69, 9.17) is 17.7 Å². The lowest BCUT2D eigenvalue weighted by Gasteiger charge is -2.08. The molecule has 0 saturated heterocycles. The second-order valence-electron chi connectivity index (χ2n) is 5.64. The molecule has 0 amide bonds. The molecule has 0 atom stereocenters. The maximum absolute atomic E-state index is 13.0. The lowest BCUT2D eigenvalue weighted by atomic mass is 10.1. The van der Waals surface area contributed by atoms with Crippen LogP contribution >= 0.6 is 0 Å². The summed E-state index contributed by atoms with van der Waals surface area (Å²) in [6, 6.07) is 14.6. The van der Waals surface area contributed by atoms with Crippen molar-refractivity contribution in [3.05, 3.63) is 60.5 Å². The summed E-state index contributed by atoms with van der Waals surface area (Å²) < 4.78 is 79.3. The van der Waals surface area contributed by atoms with Crippen molar-refractivity contribution in [1.82, 2.24) is 0 Å². The van der Waals surface area contributed by atoms with E-state index in [1.165, 1.54) is 12.1 Å². The highest BCUT2D eigenvalue weighted by atomic mass is 32.2. The van der Waals surface area contributed by atoms with E-state index < -0.39 is 15.6 Å². The van der Waals surface area contributed by atoms with Crippen LogP contribution in [0, 0.1) is 5.82 Å². The number of halogens is 4. The van der Waals surface area contributed by atoms with Gasteiger partial charge in [0.05, 0.1) is 12.5 Å². The SMILES string of the molecule is COc1cccc2cc(-c3ccc(F)cc3)[n+](C)cc12.O=S(=O)([O-])C(F)(F)F. The number of fused-ring (bicyclic) bond motifs is 1. The van der Waals surface area contributed by atoms with Gasteiger partial charge in [0.15, 0.2) is 16.3 Å². The Morgan fingerprint density at radius 1 is 1.07 bits per heavy atom. The number of benzene rings is 2. The van der Waals surface area contributed by atoms with E-state index in [0.29, 0.717) is 0 Å². The van der Waals surface area contributed by atoms with Crippen LogP contribution in [-0.4, -0.2) is 25.6 Å². The molecule has 0 unspecified atom stereocenters. The molecule has 0 fully saturated rings. The number of methoxy groups -OCH3 is 1. The van der Waals surface area contributed by atoms with Crippen LogP contribution in [0.5, 0.6) is 5.75 Å². The number of alkyl halides is 3. The van der Waals surface area contributed by atoms with Crippen LogP contribution in [0.15, 0.2) is 54.7 Å². The number of aryl methyl sites for hydroxylation is 1. The number of aromatic nitrogens is 1. The van der Waals surface area contributed by atoms with Crippen molar-refractivity contribution in [3.8, 4) is 17.0 Å². The lowest BCUT2D eigenvalue weighted by molar-refractivity contribution is -0.659. The summed E-state index contributed by atoms with van der Waals surface area (Å²) in [5, 5.41) is 2.16. The predicted octanol–water partition coefficient (Wildman–Crippen LogP) is 3.53. The largest absolute Gasteiger partial charge is 0.741 e. The first-order valence-corrected chi connectivity index (χ1v) is 9.09. The van der Waals surface area contributed by atoms with Crippen molar-refractivity contribution >= 4 is 20.9 Å². The van der Waals surface area contributed by atoms with Gasteiger partial charge in [-0.3, -0.25) is 0 Å². The van der Waals surface area contributed by atoms with Crippen molar-refractivity contribution in [1.29, 1.82) is 0 Å². The minimum absolute atomic E-state index is 0.223. The van der Waals surface area contributed by atoms with Gasteiger partial charge in [0, 0.05) is 11.6 Å². The van der Waals surface area contributed by atoms with E-state index in [-0.39, 0.29) is 5.82 Å². The molecular formula is C18H15F4NO4S. The second kappa shape index (κ2) is 8.11. The maximum atomic E-state index is 13.0. The van der Waals surface area contributed by atoms with E-state index in [1.54, 1.807) is 19.2 Å². The zero-order valence-corrected chi connectivity index (χ0v) is 15.5. The summed E-state index contributed by atoms with van der Waals surface area (Å²) in [6.45, 7) is 0. The molecule has 0 aliphatic carbocycles. The molecule has 1 aromatic heterocycles. The number of hydrogen-bond acceptors (Lipinski definition) is 4. The van der Waals surface area contributed by atoms with Crippen molar-refractivity contribution in [2.24, 2.45) is 7.05 Å². The number of nitrogens with zero attached hydrogens (tertiary/aromatic N) is 1. The molecule has 0 saturated carbocycles. The van der Waals surface area contributed by atoms with Crippen LogP contribution in [0.25, 0.3) is 22.0 Å². The minimum Gasteiger partial charge on any atom is -0.741 e. The summed E-state index contributed by atoms with van der Waals surface area (Å²) >= 11 is 0. The van der Waals surface area contributed by atoms with Crippen LogP contribution in [0.1, 0.15) is 0 Å². The van der Waals surface area contributed by atoms with Crippen LogP contribution in [-0.2, 0) is 17.2 Å². The molecule has 0 N–H and O–H groups in total. The van der Waals surface area contributed by atoms with Gasteiger partial charge in [0.1, 0.15) is 18.6 Å². The third-order valence-electron chi connectivity index (χ3n) is 3.74. The average Bonchev–Trinajstić information content (AvgIpc) is 2.60. The van der Waals surface area contributed by atoms with Crippen molar-refractivity contribution in [2.75, 3.05) is 7.11 Å². The first-order valence-electron chi connectivity index (χ1n) is 7.68. The molecule has 28 heavy (non-hydrogen) atoms. The number of ether oxygens (including phenoxy) is 1. The first-order chi connectivity index (χ1) is 12.9. The van der Waals surface area contributed by atoms with Crippen LogP contribution in [0.4, 0.5) is 17.6 Å². The summed E-state index contributed by atoms with van der Waals surface area (Å²) in [5.74, 6) is 0.627. The topological polar surface area (TPSA) is 70.3 Å². The first kappa shape index (κ1) is 21.6. The van der Waals surface area contributed by atoms with Crippen molar-refractivity contribution in [3.63, 3.8) is 0 Å². The molecule has 0 radical (unpaired) electrons. The summed E-state index contributed by atoms with van der Waals surface area (Å²) in [4.78, 5) is 0. The highest BCUT2D eigenvalue weighted by molar-refractivity contribution is 7.86. The standard InChI is InChI=1S/C17H15FNO.CHF3O3S/c1-19-11-15-13(4-3-5-17(15)20-2)10-16(19)12-6-8-14(18)9-7-12;2-1(3,4)8(5,6)7/h3-11H,1-2H3;(H,5,6,7)/q+1;/p-1. The number of rotatable bonds is 2. The Labute approximate surface area is 158 Å². The Hall–Kier alpha value is -2.72. The van der Waals surface area contributed by atoms with Crippen LogP contribution in [0.3, 0.4) is 0 Å². The molecule has 1 heterocycles. The van der Waals surface area contributed by atoms with Crippen LogP contribution in [0.2, 0.25) is 0 Å². The smallest absolute Gasteiger partial charge is 0.485 e. The maximum Gasteiger partial charge on any atom is 0.485 e. The normalized spacial score (nSPS) is 11.7. The Balaban J connectivity index is 0.000000300. The molecular weight excluding hydrogens is 402 g/mol. The van der Waals surface area contributed by atoms with Crippen LogP contribution < -0.4 is 9.30 Å². The monoisotopic (exact) mass is 417 g/mol. The van der Waals surface area contributed by atoms with E-state index in [1.807, 2.05) is 36.0 Å². The zero-order valence-electron chi connectivity index (χ0n) is 14.7. The summed E-state index contributed by atoms with van der Waals surface area (Å²) in [6.07, 6.45) is 2.03. The summed E-state index contributed by atoms with van der Waals surface area (Å²) in [5.41, 5.74) is -3.63. The van der Waals surface area contributed by atoms with Gasteiger partial charge >= 0.3 is 5.51 Å². The molecule has 10 heteroatoms. The molecule has 2 aromatic carbocycles. The molecule has 0 spiro atoms. The molecule has 0 aliphatic heterocycles. The van der Waals surface area contributed by atoms with Crippen molar-refractivity contribution < 1.29 is 39.8 Å². The second-order valence-corrected chi connectivity index (χ2v) is 7.01. The minimum atomic E-state index is -6.09.